The minimum atomic E-state index is -0.859. The molecule has 0 amide bonds. The lowest BCUT2D eigenvalue weighted by Gasteiger charge is -2.10. The van der Waals surface area contributed by atoms with E-state index >= 15 is 0 Å². The molecule has 0 aliphatic heterocycles. The van der Waals surface area contributed by atoms with Crippen molar-refractivity contribution in [3.63, 3.8) is 0 Å². The number of benzene rings is 1. The minimum Gasteiger partial charge on any atom is -0.493 e. The Hall–Kier alpha value is -3.01. The van der Waals surface area contributed by atoms with Gasteiger partial charge in [-0.3, -0.25) is 15.5 Å². The molecule has 2 rings (SSSR count). The van der Waals surface area contributed by atoms with Crippen LogP contribution < -0.4 is 20.7 Å². The number of nitrogens with zero attached hydrogens (tertiary/aromatic N) is 3. The lowest BCUT2D eigenvalue weighted by molar-refractivity contribution is -0.384. The summed E-state index contributed by atoms with van der Waals surface area (Å²) in [6, 6.07) is 3.65. The van der Waals surface area contributed by atoms with Gasteiger partial charge in [0, 0.05) is 6.07 Å². The number of nitro benzene ring substituents is 1. The number of halogens is 1. The lowest BCUT2D eigenvalue weighted by atomic mass is 10.3. The molecule has 0 atom stereocenters. The number of methoxy groups -OCH3 is 1. The van der Waals surface area contributed by atoms with E-state index in [1.807, 2.05) is 0 Å². The normalized spacial score (nSPS) is 10.0. The van der Waals surface area contributed by atoms with Crippen molar-refractivity contribution in [2.75, 3.05) is 12.5 Å². The summed E-state index contributed by atoms with van der Waals surface area (Å²) in [6.45, 7) is 0. The van der Waals surface area contributed by atoms with Gasteiger partial charge in [-0.2, -0.15) is 9.37 Å². The van der Waals surface area contributed by atoms with Gasteiger partial charge in [-0.1, -0.05) is 0 Å². The zero-order chi connectivity index (χ0) is 15.4. The van der Waals surface area contributed by atoms with Crippen LogP contribution in [0.2, 0.25) is 0 Å². The number of nitrogens with one attached hydrogen (secondary N) is 1. The number of hydrazine groups is 1. The maximum Gasteiger partial charge on any atom is 0.273 e. The Balaban J connectivity index is 2.42. The van der Waals surface area contributed by atoms with Crippen LogP contribution in [-0.2, 0) is 0 Å². The van der Waals surface area contributed by atoms with Crippen LogP contribution in [-0.4, -0.2) is 22.0 Å². The number of anilines is 1. The highest BCUT2D eigenvalue weighted by Gasteiger charge is 2.16. The van der Waals surface area contributed by atoms with E-state index in [0.717, 1.165) is 12.3 Å². The maximum atomic E-state index is 13.6. The molecule has 0 saturated heterocycles. The van der Waals surface area contributed by atoms with Gasteiger partial charge in [0.25, 0.3) is 11.6 Å². The third-order valence-corrected chi connectivity index (χ3v) is 2.41. The standard InChI is InChI=1S/C11H10FN5O4/c1-20-8-3-2-6(17(18)19)4-9(8)21-10-7(12)5-14-11(15-10)16-13/h2-5H,13H2,1H3,(H,14,15,16). The third-order valence-electron chi connectivity index (χ3n) is 2.41. The lowest BCUT2D eigenvalue weighted by Crippen LogP contribution is -2.11. The number of nitro groups is 1. The van der Waals surface area contributed by atoms with E-state index in [1.165, 1.54) is 19.2 Å². The van der Waals surface area contributed by atoms with Crippen LogP contribution in [0.15, 0.2) is 24.4 Å². The van der Waals surface area contributed by atoms with Crippen molar-refractivity contribution in [2.45, 2.75) is 0 Å². The monoisotopic (exact) mass is 295 g/mol. The van der Waals surface area contributed by atoms with Gasteiger partial charge in [-0.15, -0.1) is 0 Å². The van der Waals surface area contributed by atoms with E-state index in [1.54, 1.807) is 0 Å². The Morgan fingerprint density at radius 3 is 2.81 bits per heavy atom. The Labute approximate surface area is 117 Å². The highest BCUT2D eigenvalue weighted by atomic mass is 19.1. The summed E-state index contributed by atoms with van der Waals surface area (Å²) in [4.78, 5) is 17.4. The second-order valence-corrected chi connectivity index (χ2v) is 3.69. The molecule has 2 aromatic rings. The second kappa shape index (κ2) is 5.96. The SMILES string of the molecule is COc1ccc([N+](=O)[O-])cc1Oc1nc(NN)ncc1F. The van der Waals surface area contributed by atoms with Crippen LogP contribution in [0.5, 0.6) is 17.4 Å². The Kier molecular flexibility index (Phi) is 4.09. The summed E-state index contributed by atoms with van der Waals surface area (Å²) in [6.07, 6.45) is 0.849. The van der Waals surface area contributed by atoms with Gasteiger partial charge in [0.2, 0.25) is 11.8 Å². The quantitative estimate of drug-likeness (QED) is 0.484. The predicted octanol–water partition coefficient (Wildman–Crippen LogP) is 1.61. The molecular weight excluding hydrogens is 285 g/mol. The molecule has 0 spiro atoms. The van der Waals surface area contributed by atoms with Crippen LogP contribution in [0.4, 0.5) is 16.0 Å². The second-order valence-electron chi connectivity index (χ2n) is 3.69. The van der Waals surface area contributed by atoms with E-state index in [4.69, 9.17) is 15.3 Å². The number of nitrogen functional groups attached to an aromatic ring is 1. The van der Waals surface area contributed by atoms with Crippen molar-refractivity contribution in [2.24, 2.45) is 5.84 Å². The summed E-state index contributed by atoms with van der Waals surface area (Å²) < 4.78 is 23.8. The Bertz CT molecular complexity index is 682. The number of non-ortho nitro benzene ring substituents is 1. The number of aromatic nitrogens is 2. The van der Waals surface area contributed by atoms with Crippen molar-refractivity contribution in [3.05, 3.63) is 40.3 Å². The summed E-state index contributed by atoms with van der Waals surface area (Å²) >= 11 is 0. The van der Waals surface area contributed by atoms with Gasteiger partial charge < -0.3 is 9.47 Å². The molecular formula is C11H10FN5O4. The molecule has 9 nitrogen and oxygen atoms in total. The Morgan fingerprint density at radius 2 is 2.19 bits per heavy atom. The molecule has 0 aliphatic rings. The number of rotatable bonds is 5. The number of hydrogen-bond acceptors (Lipinski definition) is 8. The molecule has 0 bridgehead atoms. The highest BCUT2D eigenvalue weighted by Crippen LogP contribution is 2.34. The van der Waals surface area contributed by atoms with E-state index < -0.39 is 16.6 Å². The minimum absolute atomic E-state index is 0.0627. The zero-order valence-corrected chi connectivity index (χ0v) is 10.7. The Morgan fingerprint density at radius 1 is 1.43 bits per heavy atom. The summed E-state index contributed by atoms with van der Waals surface area (Å²) in [5, 5.41) is 10.8. The first-order valence-electron chi connectivity index (χ1n) is 5.54. The van der Waals surface area contributed by atoms with Crippen LogP contribution in [0.25, 0.3) is 0 Å². The van der Waals surface area contributed by atoms with Gasteiger partial charge in [0.15, 0.2) is 11.5 Å². The first-order chi connectivity index (χ1) is 10.0. The molecule has 0 fully saturated rings. The fourth-order valence-electron chi connectivity index (χ4n) is 1.46. The van der Waals surface area contributed by atoms with Crippen molar-refractivity contribution >= 4 is 11.6 Å². The third kappa shape index (κ3) is 3.12. The van der Waals surface area contributed by atoms with Crippen molar-refractivity contribution in [1.29, 1.82) is 0 Å². The van der Waals surface area contributed by atoms with Crippen molar-refractivity contribution < 1.29 is 18.8 Å². The molecule has 21 heavy (non-hydrogen) atoms. The number of hydrogen-bond donors (Lipinski definition) is 2. The van der Waals surface area contributed by atoms with Gasteiger partial charge in [-0.25, -0.2) is 10.8 Å². The van der Waals surface area contributed by atoms with E-state index in [2.05, 4.69) is 15.4 Å². The van der Waals surface area contributed by atoms with Gasteiger partial charge in [0.1, 0.15) is 0 Å². The van der Waals surface area contributed by atoms with E-state index in [0.29, 0.717) is 0 Å². The first-order valence-corrected chi connectivity index (χ1v) is 5.54. The molecule has 3 N–H and O–H groups in total. The summed E-state index contributed by atoms with van der Waals surface area (Å²) in [5.41, 5.74) is 1.89. The topological polar surface area (TPSA) is 125 Å². The number of nitrogens with two attached hydrogens (primary N) is 1. The van der Waals surface area contributed by atoms with Gasteiger partial charge >= 0.3 is 0 Å². The molecule has 1 aromatic carbocycles. The highest BCUT2D eigenvalue weighted by molar-refractivity contribution is 5.50. The molecule has 1 heterocycles. The first kappa shape index (κ1) is 14.4. The zero-order valence-electron chi connectivity index (χ0n) is 10.7. The molecule has 110 valence electrons. The predicted molar refractivity (Wildman–Crippen MR) is 69.5 cm³/mol. The summed E-state index contributed by atoms with van der Waals surface area (Å²) in [5.74, 6) is 3.85. The van der Waals surface area contributed by atoms with E-state index in [-0.39, 0.29) is 23.1 Å². The molecule has 0 unspecified atom stereocenters. The molecule has 1 aromatic heterocycles. The molecule has 0 radical (unpaired) electrons. The fraction of sp³-hybridized carbons (Fsp3) is 0.0909. The average Bonchev–Trinajstić information content (AvgIpc) is 2.49. The largest absolute Gasteiger partial charge is 0.493 e. The van der Waals surface area contributed by atoms with Crippen molar-refractivity contribution in [1.82, 2.24) is 9.97 Å². The van der Waals surface area contributed by atoms with Gasteiger partial charge in [0.05, 0.1) is 24.3 Å². The van der Waals surface area contributed by atoms with Crippen LogP contribution in [0.1, 0.15) is 0 Å². The molecule has 0 aliphatic carbocycles. The molecule has 0 saturated carbocycles. The smallest absolute Gasteiger partial charge is 0.273 e. The fourth-order valence-corrected chi connectivity index (χ4v) is 1.46. The molecule has 10 heteroatoms. The van der Waals surface area contributed by atoms with Crippen LogP contribution >= 0.6 is 0 Å². The average molecular weight is 295 g/mol. The number of ether oxygens (including phenoxy) is 2. The van der Waals surface area contributed by atoms with Crippen LogP contribution in [0.3, 0.4) is 0 Å². The van der Waals surface area contributed by atoms with Gasteiger partial charge in [-0.05, 0) is 6.07 Å². The maximum absolute atomic E-state index is 13.6. The summed E-state index contributed by atoms with van der Waals surface area (Å²) in [7, 11) is 1.34. The van der Waals surface area contributed by atoms with E-state index in [9.17, 15) is 14.5 Å². The van der Waals surface area contributed by atoms with Crippen LogP contribution in [0, 0.1) is 15.9 Å². The van der Waals surface area contributed by atoms with Crippen molar-refractivity contribution in [3.8, 4) is 17.4 Å².